The highest BCUT2D eigenvalue weighted by atomic mass is 15.1. The van der Waals surface area contributed by atoms with Crippen LogP contribution in [-0.4, -0.2) is 34.4 Å². The average molecular weight is 244 g/mol. The highest BCUT2D eigenvalue weighted by Gasteiger charge is 2.21. The van der Waals surface area contributed by atoms with Crippen molar-refractivity contribution in [2.45, 2.75) is 25.3 Å². The van der Waals surface area contributed by atoms with Crippen LogP contribution in [0.15, 0.2) is 24.5 Å². The molecule has 1 saturated heterocycles. The molecule has 1 aliphatic rings. The lowest BCUT2D eigenvalue weighted by atomic mass is 9.94. The van der Waals surface area contributed by atoms with E-state index in [1.165, 1.54) is 31.6 Å². The minimum atomic E-state index is 0.550. The van der Waals surface area contributed by atoms with Crippen molar-refractivity contribution in [2.24, 2.45) is 5.73 Å². The molecule has 96 valence electrons. The number of imidazole rings is 1. The van der Waals surface area contributed by atoms with Gasteiger partial charge in [-0.2, -0.15) is 0 Å². The summed E-state index contributed by atoms with van der Waals surface area (Å²) in [5, 5.41) is 0. The van der Waals surface area contributed by atoms with Crippen LogP contribution < -0.4 is 5.73 Å². The highest BCUT2D eigenvalue weighted by Crippen LogP contribution is 2.27. The molecule has 0 atom stereocenters. The van der Waals surface area contributed by atoms with Crippen molar-refractivity contribution in [3.05, 3.63) is 35.8 Å². The number of nitrogens with two attached hydrogens (primary N) is 1. The van der Waals surface area contributed by atoms with Gasteiger partial charge in [-0.05, 0) is 39.0 Å². The number of pyridine rings is 1. The van der Waals surface area contributed by atoms with E-state index in [0.717, 1.165) is 11.2 Å². The first-order valence-corrected chi connectivity index (χ1v) is 6.63. The lowest BCUT2D eigenvalue weighted by Gasteiger charge is -2.27. The Hall–Kier alpha value is -1.39. The molecule has 18 heavy (non-hydrogen) atoms. The molecule has 2 aromatic rings. The molecule has 4 heteroatoms. The number of likely N-dealkylation sites (tertiary alicyclic amines) is 1. The molecule has 3 heterocycles. The van der Waals surface area contributed by atoms with Gasteiger partial charge in [-0.1, -0.05) is 6.07 Å². The van der Waals surface area contributed by atoms with E-state index in [1.54, 1.807) is 0 Å². The average Bonchev–Trinajstić information content (AvgIpc) is 2.83. The lowest BCUT2D eigenvalue weighted by molar-refractivity contribution is 0.253. The summed E-state index contributed by atoms with van der Waals surface area (Å²) in [5.74, 6) is 0.603. The third kappa shape index (κ3) is 2.02. The first-order chi connectivity index (χ1) is 8.78. The Bertz CT molecular complexity index is 538. The van der Waals surface area contributed by atoms with Crippen molar-refractivity contribution >= 4 is 5.65 Å². The van der Waals surface area contributed by atoms with E-state index >= 15 is 0 Å². The Balaban J connectivity index is 1.93. The van der Waals surface area contributed by atoms with Crippen molar-refractivity contribution in [1.82, 2.24) is 14.3 Å². The Kier molecular flexibility index (Phi) is 3.06. The third-order valence-electron chi connectivity index (χ3n) is 3.94. The molecule has 0 saturated carbocycles. The van der Waals surface area contributed by atoms with E-state index in [2.05, 4.69) is 34.8 Å². The SMILES string of the molecule is CN1CCC(c2cn3cccc(CN)c3n2)CC1. The summed E-state index contributed by atoms with van der Waals surface area (Å²) in [6.07, 6.45) is 6.64. The van der Waals surface area contributed by atoms with Gasteiger partial charge in [-0.25, -0.2) is 4.98 Å². The van der Waals surface area contributed by atoms with Crippen LogP contribution in [0, 0.1) is 0 Å². The summed E-state index contributed by atoms with van der Waals surface area (Å²) in [6.45, 7) is 2.89. The van der Waals surface area contributed by atoms with Gasteiger partial charge in [0.15, 0.2) is 0 Å². The minimum absolute atomic E-state index is 0.550. The fraction of sp³-hybridized carbons (Fsp3) is 0.500. The number of nitrogens with zero attached hydrogens (tertiary/aromatic N) is 3. The zero-order chi connectivity index (χ0) is 12.5. The van der Waals surface area contributed by atoms with Crippen LogP contribution in [0.3, 0.4) is 0 Å². The number of fused-ring (bicyclic) bond motifs is 1. The number of piperidine rings is 1. The Labute approximate surface area is 107 Å². The Morgan fingerprint density at radius 2 is 2.17 bits per heavy atom. The monoisotopic (exact) mass is 244 g/mol. The van der Waals surface area contributed by atoms with E-state index in [-0.39, 0.29) is 0 Å². The smallest absolute Gasteiger partial charge is 0.141 e. The van der Waals surface area contributed by atoms with Crippen LogP contribution in [0.4, 0.5) is 0 Å². The molecule has 0 radical (unpaired) electrons. The van der Waals surface area contributed by atoms with Crippen molar-refractivity contribution in [3.8, 4) is 0 Å². The van der Waals surface area contributed by atoms with Crippen molar-refractivity contribution in [1.29, 1.82) is 0 Å². The van der Waals surface area contributed by atoms with Gasteiger partial charge in [0.05, 0.1) is 5.69 Å². The topological polar surface area (TPSA) is 46.6 Å². The molecule has 0 amide bonds. The van der Waals surface area contributed by atoms with Crippen molar-refractivity contribution < 1.29 is 0 Å². The van der Waals surface area contributed by atoms with Gasteiger partial charge in [0.1, 0.15) is 5.65 Å². The Morgan fingerprint density at radius 1 is 1.39 bits per heavy atom. The quantitative estimate of drug-likeness (QED) is 0.873. The summed E-state index contributed by atoms with van der Waals surface area (Å²) in [7, 11) is 2.19. The molecular formula is C14H20N4. The summed E-state index contributed by atoms with van der Waals surface area (Å²) in [4.78, 5) is 7.18. The second-order valence-corrected chi connectivity index (χ2v) is 5.21. The third-order valence-corrected chi connectivity index (χ3v) is 3.94. The first-order valence-electron chi connectivity index (χ1n) is 6.63. The zero-order valence-electron chi connectivity index (χ0n) is 10.8. The van der Waals surface area contributed by atoms with E-state index in [1.807, 2.05) is 6.07 Å². The zero-order valence-corrected chi connectivity index (χ0v) is 10.8. The number of rotatable bonds is 2. The van der Waals surface area contributed by atoms with Gasteiger partial charge in [-0.15, -0.1) is 0 Å². The molecule has 2 aromatic heterocycles. The van der Waals surface area contributed by atoms with Gasteiger partial charge in [0.25, 0.3) is 0 Å². The normalized spacial score (nSPS) is 18.6. The predicted octanol–water partition coefficient (Wildman–Crippen LogP) is 1.60. The number of aromatic nitrogens is 2. The molecule has 1 aliphatic heterocycles. The minimum Gasteiger partial charge on any atom is -0.326 e. The maximum Gasteiger partial charge on any atom is 0.141 e. The highest BCUT2D eigenvalue weighted by molar-refractivity contribution is 5.49. The summed E-state index contributed by atoms with van der Waals surface area (Å²) in [6, 6.07) is 4.09. The van der Waals surface area contributed by atoms with Crippen LogP contribution >= 0.6 is 0 Å². The molecule has 0 aromatic carbocycles. The molecule has 0 bridgehead atoms. The van der Waals surface area contributed by atoms with Crippen LogP contribution in [-0.2, 0) is 6.54 Å². The van der Waals surface area contributed by atoms with Crippen LogP contribution in [0.5, 0.6) is 0 Å². The van der Waals surface area contributed by atoms with Gasteiger partial charge in [-0.3, -0.25) is 0 Å². The van der Waals surface area contributed by atoms with Crippen LogP contribution in [0.25, 0.3) is 5.65 Å². The van der Waals surface area contributed by atoms with Gasteiger partial charge >= 0.3 is 0 Å². The summed E-state index contributed by atoms with van der Waals surface area (Å²) >= 11 is 0. The van der Waals surface area contributed by atoms with Gasteiger partial charge in [0.2, 0.25) is 0 Å². The molecule has 0 unspecified atom stereocenters. The molecule has 0 aliphatic carbocycles. The maximum absolute atomic E-state index is 5.76. The largest absolute Gasteiger partial charge is 0.326 e. The van der Waals surface area contributed by atoms with E-state index in [0.29, 0.717) is 12.5 Å². The predicted molar refractivity (Wildman–Crippen MR) is 72.6 cm³/mol. The molecule has 1 fully saturated rings. The molecule has 2 N–H and O–H groups in total. The van der Waals surface area contributed by atoms with Crippen LogP contribution in [0.2, 0.25) is 0 Å². The number of hydrogen-bond donors (Lipinski definition) is 1. The molecular weight excluding hydrogens is 224 g/mol. The summed E-state index contributed by atoms with van der Waals surface area (Å²) in [5.41, 5.74) is 9.13. The Morgan fingerprint density at radius 3 is 2.89 bits per heavy atom. The van der Waals surface area contributed by atoms with E-state index < -0.39 is 0 Å². The van der Waals surface area contributed by atoms with Crippen molar-refractivity contribution in [3.63, 3.8) is 0 Å². The maximum atomic E-state index is 5.76. The van der Waals surface area contributed by atoms with E-state index in [4.69, 9.17) is 10.7 Å². The standard InChI is InChI=1S/C14H20N4/c1-17-7-4-11(5-8-17)13-10-18-6-2-3-12(9-15)14(18)16-13/h2-3,6,10-11H,4-5,7-9,15H2,1H3. The second-order valence-electron chi connectivity index (χ2n) is 5.21. The summed E-state index contributed by atoms with van der Waals surface area (Å²) < 4.78 is 2.11. The first kappa shape index (κ1) is 11.7. The van der Waals surface area contributed by atoms with Crippen LogP contribution in [0.1, 0.15) is 30.0 Å². The van der Waals surface area contributed by atoms with E-state index in [9.17, 15) is 0 Å². The fourth-order valence-electron chi connectivity index (χ4n) is 2.75. The second kappa shape index (κ2) is 4.71. The molecule has 4 nitrogen and oxygen atoms in total. The van der Waals surface area contributed by atoms with Gasteiger partial charge in [0, 0.05) is 30.4 Å². The molecule has 0 spiro atoms. The molecule has 3 rings (SSSR count). The van der Waals surface area contributed by atoms with Crippen molar-refractivity contribution in [2.75, 3.05) is 20.1 Å². The van der Waals surface area contributed by atoms with Gasteiger partial charge < -0.3 is 15.0 Å². The lowest BCUT2D eigenvalue weighted by Crippen LogP contribution is -2.29. The number of hydrogen-bond acceptors (Lipinski definition) is 3. The fourth-order valence-corrected chi connectivity index (χ4v) is 2.75.